The zero-order valence-electron chi connectivity index (χ0n) is 16.7. The Morgan fingerprint density at radius 2 is 2.07 bits per heavy atom. The summed E-state index contributed by atoms with van der Waals surface area (Å²) in [5.74, 6) is 0.743. The summed E-state index contributed by atoms with van der Waals surface area (Å²) in [6.07, 6.45) is 7.67. The van der Waals surface area contributed by atoms with Gasteiger partial charge in [-0.15, -0.1) is 0 Å². The first-order valence-corrected chi connectivity index (χ1v) is 9.88. The predicted molar refractivity (Wildman–Crippen MR) is 110 cm³/mol. The van der Waals surface area contributed by atoms with Crippen LogP contribution in [-0.4, -0.2) is 44.9 Å². The highest BCUT2D eigenvalue weighted by atomic mass is 16.5. The van der Waals surface area contributed by atoms with E-state index in [0.29, 0.717) is 13.0 Å². The van der Waals surface area contributed by atoms with E-state index in [0.717, 1.165) is 35.3 Å². The van der Waals surface area contributed by atoms with Gasteiger partial charge in [-0.25, -0.2) is 4.98 Å². The number of aromatic nitrogens is 4. The quantitative estimate of drug-likeness (QED) is 0.666. The molecule has 29 heavy (non-hydrogen) atoms. The molecule has 8 nitrogen and oxygen atoms in total. The van der Waals surface area contributed by atoms with E-state index in [1.165, 1.54) is 0 Å². The van der Waals surface area contributed by atoms with Crippen LogP contribution >= 0.6 is 0 Å². The fourth-order valence-electron chi connectivity index (χ4n) is 3.91. The van der Waals surface area contributed by atoms with Crippen LogP contribution in [0, 0.1) is 5.92 Å². The number of carbonyl (C=O) groups is 1. The Kier molecular flexibility index (Phi) is 5.71. The van der Waals surface area contributed by atoms with Gasteiger partial charge in [-0.05, 0) is 31.4 Å². The maximum absolute atomic E-state index is 12.6. The lowest BCUT2D eigenvalue weighted by atomic mass is 9.83. The minimum absolute atomic E-state index is 0.0580. The van der Waals surface area contributed by atoms with Gasteiger partial charge < -0.3 is 15.4 Å². The van der Waals surface area contributed by atoms with Gasteiger partial charge in [0.15, 0.2) is 0 Å². The van der Waals surface area contributed by atoms with Crippen molar-refractivity contribution in [2.45, 2.75) is 38.0 Å². The van der Waals surface area contributed by atoms with Crippen LogP contribution in [0.5, 0.6) is 0 Å². The van der Waals surface area contributed by atoms with Crippen molar-refractivity contribution in [2.24, 2.45) is 13.0 Å². The summed E-state index contributed by atoms with van der Waals surface area (Å²) in [5, 5.41) is 10.6. The van der Waals surface area contributed by atoms with E-state index >= 15 is 0 Å². The molecule has 1 amide bonds. The van der Waals surface area contributed by atoms with Crippen LogP contribution in [-0.2, 0) is 23.1 Å². The van der Waals surface area contributed by atoms with Gasteiger partial charge in [-0.2, -0.15) is 5.10 Å². The molecular weight excluding hydrogens is 368 g/mol. The van der Waals surface area contributed by atoms with Crippen molar-refractivity contribution < 1.29 is 9.53 Å². The second-order valence-electron chi connectivity index (χ2n) is 7.52. The molecule has 8 heteroatoms. The number of aryl methyl sites for hydroxylation is 1. The molecule has 1 aromatic carbocycles. The molecule has 3 atom stereocenters. The summed E-state index contributed by atoms with van der Waals surface area (Å²) < 4.78 is 7.44. The molecule has 3 aromatic rings. The van der Waals surface area contributed by atoms with Gasteiger partial charge in [0.05, 0.1) is 35.6 Å². The van der Waals surface area contributed by atoms with Crippen molar-refractivity contribution in [1.82, 2.24) is 25.1 Å². The summed E-state index contributed by atoms with van der Waals surface area (Å²) in [7, 11) is 3.56. The molecule has 0 saturated heterocycles. The summed E-state index contributed by atoms with van der Waals surface area (Å²) in [5.41, 5.74) is 2.72. The van der Waals surface area contributed by atoms with E-state index in [-0.39, 0.29) is 24.0 Å². The number of amides is 1. The Bertz CT molecular complexity index is 988. The summed E-state index contributed by atoms with van der Waals surface area (Å²) >= 11 is 0. The lowest BCUT2D eigenvalue weighted by Crippen LogP contribution is -2.44. The second-order valence-corrected chi connectivity index (χ2v) is 7.52. The molecule has 1 aliphatic carbocycles. The largest absolute Gasteiger partial charge is 0.379 e. The van der Waals surface area contributed by atoms with Crippen molar-refractivity contribution in [3.05, 3.63) is 48.4 Å². The lowest BCUT2D eigenvalue weighted by molar-refractivity contribution is -0.127. The Balaban J connectivity index is 1.35. The number of nitrogens with one attached hydrogen (secondary N) is 2. The number of ether oxygens (including phenoxy) is 1. The molecule has 1 aliphatic rings. The molecule has 0 spiro atoms. The van der Waals surface area contributed by atoms with Crippen LogP contribution in [0.2, 0.25) is 0 Å². The number of anilines is 1. The van der Waals surface area contributed by atoms with Gasteiger partial charge in [0.2, 0.25) is 5.91 Å². The number of nitrogens with zero attached hydrogens (tertiary/aromatic N) is 4. The highest BCUT2D eigenvalue weighted by Gasteiger charge is 2.34. The maximum atomic E-state index is 12.6. The Morgan fingerprint density at radius 3 is 2.83 bits per heavy atom. The van der Waals surface area contributed by atoms with E-state index in [1.807, 2.05) is 37.5 Å². The smallest absolute Gasteiger partial charge is 0.223 e. The van der Waals surface area contributed by atoms with Crippen molar-refractivity contribution in [3.8, 4) is 0 Å². The van der Waals surface area contributed by atoms with Crippen LogP contribution in [0.4, 0.5) is 5.82 Å². The van der Waals surface area contributed by atoms with Crippen molar-refractivity contribution in [1.29, 1.82) is 0 Å². The summed E-state index contributed by atoms with van der Waals surface area (Å²) in [6.45, 7) is 0.495. The first-order chi connectivity index (χ1) is 14.1. The Hall–Kier alpha value is -3.00. The minimum atomic E-state index is -0.0637. The topological polar surface area (TPSA) is 94.0 Å². The number of carbonyl (C=O) groups excluding carboxylic acids is 1. The molecule has 2 aromatic heterocycles. The van der Waals surface area contributed by atoms with Gasteiger partial charge in [0, 0.05) is 38.4 Å². The molecule has 2 heterocycles. The van der Waals surface area contributed by atoms with Crippen molar-refractivity contribution in [2.75, 3.05) is 12.4 Å². The Morgan fingerprint density at radius 1 is 1.24 bits per heavy atom. The number of rotatable bonds is 6. The SMILES string of the molecule is COC1CC(C(=O)NCc2cnn(C)c2)CCC1Nc1cnc2ccccc2n1. The standard InChI is InChI=1S/C21H26N6O2/c1-27-13-14(11-24-27)10-23-21(28)15-7-8-18(19(9-15)29-2)26-20-12-22-16-5-3-4-6-17(16)25-20/h3-6,11-13,15,18-19H,7-10H2,1-2H3,(H,23,28)(H,25,26). The van der Waals surface area contributed by atoms with Crippen molar-refractivity contribution in [3.63, 3.8) is 0 Å². The molecule has 1 fully saturated rings. The zero-order chi connectivity index (χ0) is 20.2. The molecule has 4 rings (SSSR count). The number of benzene rings is 1. The number of methoxy groups -OCH3 is 1. The van der Waals surface area contributed by atoms with E-state index in [1.54, 1.807) is 24.2 Å². The third-order valence-electron chi connectivity index (χ3n) is 5.47. The molecule has 0 bridgehead atoms. The predicted octanol–water partition coefficient (Wildman–Crippen LogP) is 2.28. The van der Waals surface area contributed by atoms with Gasteiger partial charge in [-0.1, -0.05) is 12.1 Å². The minimum Gasteiger partial charge on any atom is -0.379 e. The Labute approximate surface area is 169 Å². The van der Waals surface area contributed by atoms with Crippen LogP contribution in [0.15, 0.2) is 42.9 Å². The van der Waals surface area contributed by atoms with Crippen LogP contribution in [0.1, 0.15) is 24.8 Å². The van der Waals surface area contributed by atoms with Crippen LogP contribution < -0.4 is 10.6 Å². The molecular formula is C21H26N6O2. The number of hydrogen-bond acceptors (Lipinski definition) is 6. The van der Waals surface area contributed by atoms with Crippen LogP contribution in [0.3, 0.4) is 0 Å². The van der Waals surface area contributed by atoms with E-state index < -0.39 is 0 Å². The van der Waals surface area contributed by atoms with E-state index in [2.05, 4.69) is 25.7 Å². The fraction of sp³-hybridized carbons (Fsp3) is 0.429. The van der Waals surface area contributed by atoms with E-state index in [4.69, 9.17) is 4.74 Å². The number of hydrogen-bond donors (Lipinski definition) is 2. The molecule has 0 radical (unpaired) electrons. The van der Waals surface area contributed by atoms with Gasteiger partial charge >= 0.3 is 0 Å². The highest BCUT2D eigenvalue weighted by molar-refractivity contribution is 5.79. The zero-order valence-corrected chi connectivity index (χ0v) is 16.7. The van der Waals surface area contributed by atoms with Crippen LogP contribution in [0.25, 0.3) is 11.0 Å². The third kappa shape index (κ3) is 4.54. The normalized spacial score (nSPS) is 21.8. The van der Waals surface area contributed by atoms with Crippen molar-refractivity contribution >= 4 is 22.8 Å². The number of para-hydroxylation sites is 2. The average molecular weight is 394 g/mol. The van der Waals surface area contributed by atoms with Gasteiger partial charge in [0.25, 0.3) is 0 Å². The maximum Gasteiger partial charge on any atom is 0.223 e. The van der Waals surface area contributed by atoms with Gasteiger partial charge in [0.1, 0.15) is 5.82 Å². The fourth-order valence-corrected chi connectivity index (χ4v) is 3.91. The first-order valence-electron chi connectivity index (χ1n) is 9.88. The molecule has 152 valence electrons. The van der Waals surface area contributed by atoms with E-state index in [9.17, 15) is 4.79 Å². The molecule has 1 saturated carbocycles. The molecule has 0 aliphatic heterocycles. The first kappa shape index (κ1) is 19.3. The second kappa shape index (κ2) is 8.57. The number of fused-ring (bicyclic) bond motifs is 1. The molecule has 3 unspecified atom stereocenters. The van der Waals surface area contributed by atoms with Gasteiger partial charge in [-0.3, -0.25) is 14.5 Å². The average Bonchev–Trinajstić information content (AvgIpc) is 3.17. The monoisotopic (exact) mass is 394 g/mol. The third-order valence-corrected chi connectivity index (χ3v) is 5.47. The summed E-state index contributed by atoms with van der Waals surface area (Å²) in [4.78, 5) is 21.7. The molecule has 2 N–H and O–H groups in total. The summed E-state index contributed by atoms with van der Waals surface area (Å²) in [6, 6.07) is 7.89. The lowest BCUT2D eigenvalue weighted by Gasteiger charge is -2.35. The highest BCUT2D eigenvalue weighted by Crippen LogP contribution is 2.29.